The van der Waals surface area contributed by atoms with Gasteiger partial charge in [-0.3, -0.25) is 9.80 Å². The molecule has 0 heterocycles. The summed E-state index contributed by atoms with van der Waals surface area (Å²) in [6.45, 7) is 3.92. The van der Waals surface area contributed by atoms with Crippen LogP contribution in [-0.2, 0) is 9.47 Å². The van der Waals surface area contributed by atoms with Crippen molar-refractivity contribution >= 4 is 12.2 Å². The molecule has 0 unspecified atom stereocenters. The average molecular weight is 467 g/mol. The maximum atomic E-state index is 11.6. The fourth-order valence-corrected chi connectivity index (χ4v) is 2.86. The van der Waals surface area contributed by atoms with Gasteiger partial charge < -0.3 is 40.5 Å². The van der Waals surface area contributed by atoms with Crippen LogP contribution in [0, 0.1) is 0 Å². The summed E-state index contributed by atoms with van der Waals surface area (Å²) in [6.07, 6.45) is 2.42. The molecular weight excluding hydrogens is 424 g/mol. The Morgan fingerprint density at radius 2 is 0.906 bits per heavy atom. The van der Waals surface area contributed by atoms with Crippen molar-refractivity contribution in [2.75, 3.05) is 92.0 Å². The van der Waals surface area contributed by atoms with Gasteiger partial charge in [-0.1, -0.05) is 12.8 Å². The number of unbranched alkanes of at least 4 members (excludes halogenated alkanes) is 3. The van der Waals surface area contributed by atoms with E-state index in [9.17, 15) is 9.59 Å². The van der Waals surface area contributed by atoms with Gasteiger partial charge in [-0.15, -0.1) is 0 Å². The van der Waals surface area contributed by atoms with E-state index >= 15 is 0 Å². The maximum Gasteiger partial charge on any atom is 0.407 e. The molecule has 6 N–H and O–H groups in total. The van der Waals surface area contributed by atoms with Crippen LogP contribution >= 0.6 is 0 Å². The quantitative estimate of drug-likeness (QED) is 0.111. The lowest BCUT2D eigenvalue weighted by molar-refractivity contribution is 0.108. The molecule has 0 aliphatic carbocycles. The Labute approximate surface area is 190 Å². The number of ether oxygens (including phenoxy) is 2. The number of amides is 2. The van der Waals surface area contributed by atoms with Gasteiger partial charge in [-0.25, -0.2) is 9.59 Å². The van der Waals surface area contributed by atoms with Crippen molar-refractivity contribution in [3.05, 3.63) is 0 Å². The number of nitrogens with one attached hydrogen (secondary N) is 2. The summed E-state index contributed by atoms with van der Waals surface area (Å²) in [7, 11) is 0. The van der Waals surface area contributed by atoms with E-state index in [0.717, 1.165) is 25.7 Å². The number of nitrogens with zero attached hydrogens (tertiary/aromatic N) is 2. The zero-order valence-corrected chi connectivity index (χ0v) is 19.0. The lowest BCUT2D eigenvalue weighted by atomic mass is 10.2. The standard InChI is InChI=1S/C20H42N4O8/c25-13-7-23(8-14-26)11-17-31-19(29)21-5-3-1-2-4-6-22-20(30)32-18-12-24(9-15-27)10-16-28/h25-28H,1-18H2,(H,21,29)(H,22,30). The zero-order valence-electron chi connectivity index (χ0n) is 19.0. The highest BCUT2D eigenvalue weighted by atomic mass is 16.6. The van der Waals surface area contributed by atoms with Crippen LogP contribution in [0.3, 0.4) is 0 Å². The molecule has 190 valence electrons. The van der Waals surface area contributed by atoms with Gasteiger partial charge in [0, 0.05) is 52.4 Å². The molecule has 0 saturated heterocycles. The van der Waals surface area contributed by atoms with Crippen LogP contribution < -0.4 is 10.6 Å². The number of alkyl carbamates (subject to hydrolysis) is 2. The van der Waals surface area contributed by atoms with E-state index < -0.39 is 12.2 Å². The Hall–Kier alpha value is -1.70. The van der Waals surface area contributed by atoms with Crippen LogP contribution in [0.25, 0.3) is 0 Å². The fraction of sp³-hybridized carbons (Fsp3) is 0.900. The van der Waals surface area contributed by atoms with Gasteiger partial charge in [0.1, 0.15) is 13.2 Å². The third kappa shape index (κ3) is 19.0. The summed E-state index contributed by atoms with van der Waals surface area (Å²) in [6, 6.07) is 0. The molecule has 12 heteroatoms. The normalized spacial score (nSPS) is 11.1. The summed E-state index contributed by atoms with van der Waals surface area (Å²) in [5.74, 6) is 0. The number of aliphatic hydroxyl groups is 4. The Kier molecular flexibility index (Phi) is 21.3. The highest BCUT2D eigenvalue weighted by Gasteiger charge is 2.07. The largest absolute Gasteiger partial charge is 0.448 e. The first-order valence-electron chi connectivity index (χ1n) is 11.3. The fourth-order valence-electron chi connectivity index (χ4n) is 2.86. The molecule has 0 aromatic rings. The van der Waals surface area contributed by atoms with E-state index in [1.165, 1.54) is 0 Å². The SMILES string of the molecule is O=C(NCCCCCCNC(=O)OCCN(CCO)CCO)OCCN(CCO)CCO. The summed E-state index contributed by atoms with van der Waals surface area (Å²) in [4.78, 5) is 26.8. The molecule has 0 rings (SSSR count). The van der Waals surface area contributed by atoms with Crippen molar-refractivity contribution in [3.63, 3.8) is 0 Å². The highest BCUT2D eigenvalue weighted by molar-refractivity contribution is 5.67. The van der Waals surface area contributed by atoms with E-state index in [2.05, 4.69) is 10.6 Å². The minimum Gasteiger partial charge on any atom is -0.448 e. The first-order valence-corrected chi connectivity index (χ1v) is 11.3. The number of hydrogen-bond donors (Lipinski definition) is 6. The number of aliphatic hydroxyl groups excluding tert-OH is 4. The topological polar surface area (TPSA) is 164 Å². The predicted octanol–water partition coefficient (Wildman–Crippen LogP) is -1.43. The van der Waals surface area contributed by atoms with Crippen molar-refractivity contribution < 1.29 is 39.5 Å². The highest BCUT2D eigenvalue weighted by Crippen LogP contribution is 1.98. The molecule has 0 saturated carbocycles. The van der Waals surface area contributed by atoms with Crippen LogP contribution in [0.2, 0.25) is 0 Å². The van der Waals surface area contributed by atoms with Gasteiger partial charge in [0.05, 0.1) is 26.4 Å². The van der Waals surface area contributed by atoms with E-state index in [1.54, 1.807) is 9.80 Å². The Bertz CT molecular complexity index is 407. The third-order valence-corrected chi connectivity index (χ3v) is 4.59. The van der Waals surface area contributed by atoms with E-state index in [4.69, 9.17) is 29.9 Å². The van der Waals surface area contributed by atoms with Gasteiger partial charge in [0.25, 0.3) is 0 Å². The molecule has 2 amide bonds. The number of carbonyl (C=O) groups is 2. The number of rotatable bonds is 21. The van der Waals surface area contributed by atoms with Crippen molar-refractivity contribution in [3.8, 4) is 0 Å². The predicted molar refractivity (Wildman–Crippen MR) is 118 cm³/mol. The van der Waals surface area contributed by atoms with Gasteiger partial charge in [0.15, 0.2) is 0 Å². The lowest BCUT2D eigenvalue weighted by Gasteiger charge is -2.19. The summed E-state index contributed by atoms with van der Waals surface area (Å²) in [5, 5.41) is 41.0. The van der Waals surface area contributed by atoms with E-state index in [-0.39, 0.29) is 39.6 Å². The van der Waals surface area contributed by atoms with Gasteiger partial charge in [-0.05, 0) is 12.8 Å². The Morgan fingerprint density at radius 1 is 0.562 bits per heavy atom. The number of carbonyl (C=O) groups excluding carboxylic acids is 2. The number of hydrogen-bond acceptors (Lipinski definition) is 10. The van der Waals surface area contributed by atoms with Gasteiger partial charge in [-0.2, -0.15) is 0 Å². The third-order valence-electron chi connectivity index (χ3n) is 4.59. The van der Waals surface area contributed by atoms with Crippen LogP contribution in [0.5, 0.6) is 0 Å². The zero-order chi connectivity index (χ0) is 23.9. The molecule has 0 aliphatic rings. The molecule has 0 aromatic heterocycles. The van der Waals surface area contributed by atoms with Gasteiger partial charge in [0.2, 0.25) is 0 Å². The minimum atomic E-state index is -0.487. The second kappa shape index (κ2) is 22.5. The molecule has 0 atom stereocenters. The lowest BCUT2D eigenvalue weighted by Crippen LogP contribution is -2.35. The Balaban J connectivity index is 3.55. The first-order chi connectivity index (χ1) is 15.6. The second-order valence-corrected chi connectivity index (χ2v) is 7.12. The van der Waals surface area contributed by atoms with Crippen molar-refractivity contribution in [1.82, 2.24) is 20.4 Å². The van der Waals surface area contributed by atoms with Crippen molar-refractivity contribution in [2.24, 2.45) is 0 Å². The van der Waals surface area contributed by atoms with Gasteiger partial charge >= 0.3 is 12.2 Å². The van der Waals surface area contributed by atoms with Crippen LogP contribution in [0.15, 0.2) is 0 Å². The van der Waals surface area contributed by atoms with E-state index in [0.29, 0.717) is 52.4 Å². The molecule has 12 nitrogen and oxygen atoms in total. The minimum absolute atomic E-state index is 0.0154. The van der Waals surface area contributed by atoms with E-state index in [1.807, 2.05) is 0 Å². The van der Waals surface area contributed by atoms with Crippen molar-refractivity contribution in [2.45, 2.75) is 25.7 Å². The molecule has 0 spiro atoms. The molecule has 0 fully saturated rings. The first kappa shape index (κ1) is 30.3. The van der Waals surface area contributed by atoms with Crippen LogP contribution in [0.1, 0.15) is 25.7 Å². The van der Waals surface area contributed by atoms with Crippen LogP contribution in [0.4, 0.5) is 9.59 Å². The molecular formula is C20H42N4O8. The Morgan fingerprint density at radius 3 is 1.22 bits per heavy atom. The summed E-state index contributed by atoms with van der Waals surface area (Å²) >= 11 is 0. The summed E-state index contributed by atoms with van der Waals surface area (Å²) < 4.78 is 10.1. The maximum absolute atomic E-state index is 11.6. The molecule has 32 heavy (non-hydrogen) atoms. The van der Waals surface area contributed by atoms with Crippen LogP contribution in [-0.4, -0.2) is 134 Å². The van der Waals surface area contributed by atoms with Crippen molar-refractivity contribution in [1.29, 1.82) is 0 Å². The summed E-state index contributed by atoms with van der Waals surface area (Å²) in [5.41, 5.74) is 0. The smallest absolute Gasteiger partial charge is 0.407 e. The second-order valence-electron chi connectivity index (χ2n) is 7.12. The molecule has 0 radical (unpaired) electrons. The molecule has 0 bridgehead atoms. The monoisotopic (exact) mass is 466 g/mol. The molecule has 0 aliphatic heterocycles. The average Bonchev–Trinajstić information content (AvgIpc) is 2.76. The molecule has 0 aromatic carbocycles.